The highest BCUT2D eigenvalue weighted by atomic mass is 15.2. The molecule has 294 valence electrons. The number of fused-ring (bicyclic) bond motifs is 6. The summed E-state index contributed by atoms with van der Waals surface area (Å²) < 4.78 is 0. The van der Waals surface area contributed by atoms with Crippen LogP contribution in [0, 0.1) is 0 Å². The first-order valence-electron chi connectivity index (χ1n) is 21.7. The van der Waals surface area contributed by atoms with Crippen molar-refractivity contribution in [2.24, 2.45) is 0 Å². The van der Waals surface area contributed by atoms with E-state index in [1.807, 2.05) is 0 Å². The van der Waals surface area contributed by atoms with Crippen LogP contribution in [0.25, 0.3) is 88.3 Å². The van der Waals surface area contributed by atoms with Gasteiger partial charge in [-0.05, 0) is 141 Å². The molecule has 12 rings (SSSR count). The van der Waals surface area contributed by atoms with Crippen molar-refractivity contribution in [2.45, 2.75) is 25.4 Å². The third-order valence-corrected chi connectivity index (χ3v) is 13.5. The Morgan fingerprint density at radius 3 is 1.44 bits per heavy atom. The second-order valence-electron chi connectivity index (χ2n) is 17.4. The molecule has 10 aromatic rings. The first-order valence-corrected chi connectivity index (χ1v) is 21.7. The van der Waals surface area contributed by atoms with Crippen molar-refractivity contribution in [3.05, 3.63) is 229 Å². The van der Waals surface area contributed by atoms with Crippen molar-refractivity contribution in [3.63, 3.8) is 0 Å². The van der Waals surface area contributed by atoms with E-state index in [1.165, 1.54) is 105 Å². The molecule has 2 N–H and O–H groups in total. The van der Waals surface area contributed by atoms with E-state index in [2.05, 4.69) is 237 Å². The van der Waals surface area contributed by atoms with Gasteiger partial charge in [-0.1, -0.05) is 190 Å². The van der Waals surface area contributed by atoms with E-state index < -0.39 is 0 Å². The molecule has 0 radical (unpaired) electrons. The Balaban J connectivity index is 1.12. The quantitative estimate of drug-likeness (QED) is 0.164. The van der Waals surface area contributed by atoms with Gasteiger partial charge in [0.15, 0.2) is 0 Å². The van der Waals surface area contributed by atoms with Gasteiger partial charge in [0.25, 0.3) is 0 Å². The van der Waals surface area contributed by atoms with Crippen molar-refractivity contribution in [1.29, 1.82) is 0 Å². The van der Waals surface area contributed by atoms with Crippen molar-refractivity contribution in [2.75, 3.05) is 10.6 Å². The summed E-state index contributed by atoms with van der Waals surface area (Å²) in [4.78, 5) is 0. The molecular weight excluding hydrogens is 749 g/mol. The highest BCUT2D eigenvalue weighted by molar-refractivity contribution is 6.23. The second-order valence-corrected chi connectivity index (χ2v) is 17.4. The molecular formula is C60H44N2. The monoisotopic (exact) mass is 792 g/mol. The fourth-order valence-corrected chi connectivity index (χ4v) is 10.3. The Morgan fingerprint density at radius 1 is 0.323 bits per heavy atom. The zero-order chi connectivity index (χ0) is 41.4. The lowest BCUT2D eigenvalue weighted by Gasteiger charge is -2.24. The number of anilines is 2. The zero-order valence-corrected chi connectivity index (χ0v) is 34.8. The normalized spacial score (nSPS) is 13.6. The van der Waals surface area contributed by atoms with E-state index in [0.717, 1.165) is 11.4 Å². The molecule has 0 unspecified atom stereocenters. The summed E-state index contributed by atoms with van der Waals surface area (Å²) in [5.74, 6) is 0. The molecule has 0 aromatic heterocycles. The third-order valence-electron chi connectivity index (χ3n) is 13.5. The molecule has 0 atom stereocenters. The van der Waals surface area contributed by atoms with Gasteiger partial charge >= 0.3 is 0 Å². The summed E-state index contributed by atoms with van der Waals surface area (Å²) in [5, 5.41) is 12.4. The fraction of sp³-hybridized carbons (Fsp3) is 0.0667. The van der Waals surface area contributed by atoms with Gasteiger partial charge in [-0.2, -0.15) is 0 Å². The van der Waals surface area contributed by atoms with Gasteiger partial charge in [-0.3, -0.25) is 0 Å². The van der Waals surface area contributed by atoms with Crippen LogP contribution in [0.2, 0.25) is 0 Å². The predicted octanol–water partition coefficient (Wildman–Crippen LogP) is 16.2. The number of para-hydroxylation sites is 2. The molecule has 0 amide bonds. The average Bonchev–Trinajstić information content (AvgIpc) is 3.87. The molecule has 1 aliphatic carbocycles. The van der Waals surface area contributed by atoms with Crippen molar-refractivity contribution >= 4 is 32.9 Å². The number of rotatable bonds is 6. The minimum atomic E-state index is -0.148. The van der Waals surface area contributed by atoms with Gasteiger partial charge in [0.2, 0.25) is 0 Å². The number of hydrogen-bond donors (Lipinski definition) is 2. The van der Waals surface area contributed by atoms with Gasteiger partial charge in [0, 0.05) is 5.41 Å². The molecule has 62 heavy (non-hydrogen) atoms. The molecule has 0 saturated carbocycles. The second kappa shape index (κ2) is 14.2. The predicted molar refractivity (Wildman–Crippen MR) is 263 cm³/mol. The lowest BCUT2D eigenvalue weighted by atomic mass is 9.79. The van der Waals surface area contributed by atoms with Gasteiger partial charge in [-0.15, -0.1) is 0 Å². The molecule has 0 spiro atoms. The topological polar surface area (TPSA) is 24.1 Å². The molecule has 0 bridgehead atoms. The maximum Gasteiger partial charge on any atom is 0.123 e. The van der Waals surface area contributed by atoms with Crippen LogP contribution in [0.15, 0.2) is 212 Å². The first kappa shape index (κ1) is 36.2. The summed E-state index contributed by atoms with van der Waals surface area (Å²) in [5.41, 5.74) is 20.9. The van der Waals surface area contributed by atoms with Crippen LogP contribution < -0.4 is 10.6 Å². The lowest BCUT2D eigenvalue weighted by molar-refractivity contribution is 0.661. The van der Waals surface area contributed by atoms with Gasteiger partial charge < -0.3 is 10.6 Å². The number of benzene rings is 10. The van der Waals surface area contributed by atoms with Crippen molar-refractivity contribution in [1.82, 2.24) is 0 Å². The van der Waals surface area contributed by atoms with E-state index in [-0.39, 0.29) is 11.6 Å². The Labute approximate surface area is 363 Å². The Morgan fingerprint density at radius 2 is 0.790 bits per heavy atom. The molecule has 2 heteroatoms. The third kappa shape index (κ3) is 5.86. The summed E-state index contributed by atoms with van der Waals surface area (Å²) in [6.07, 6.45) is -0.00419. The van der Waals surface area contributed by atoms with Crippen LogP contribution in [-0.2, 0) is 5.41 Å². The van der Waals surface area contributed by atoms with Crippen LogP contribution in [0.3, 0.4) is 0 Å². The average molecular weight is 793 g/mol. The summed E-state index contributed by atoms with van der Waals surface area (Å²) >= 11 is 0. The maximum absolute atomic E-state index is 3.69. The summed E-state index contributed by atoms with van der Waals surface area (Å²) in [7, 11) is 0. The SMILES string of the molecule is CC1(C)c2ccccc2-c2cc3c(-c4ccc(-c5ccccc5)cc4)c4ccc(-c5cccc(C6Nc7ccccc7N6)c5)cc4c(-c4ccc(-c5ccccc5)cc4)c3cc21. The van der Waals surface area contributed by atoms with Crippen molar-refractivity contribution < 1.29 is 0 Å². The molecule has 1 heterocycles. The molecule has 0 fully saturated rings. The fourth-order valence-electron chi connectivity index (χ4n) is 10.3. The van der Waals surface area contributed by atoms with Crippen LogP contribution in [0.5, 0.6) is 0 Å². The Hall–Kier alpha value is -7.68. The van der Waals surface area contributed by atoms with E-state index in [4.69, 9.17) is 0 Å². The minimum Gasteiger partial charge on any atom is -0.360 e. The highest BCUT2D eigenvalue weighted by Gasteiger charge is 2.36. The molecule has 2 nitrogen and oxygen atoms in total. The Bertz CT molecular complexity index is 3320. The largest absolute Gasteiger partial charge is 0.360 e. The minimum absolute atomic E-state index is 0.00419. The molecule has 2 aliphatic rings. The van der Waals surface area contributed by atoms with Gasteiger partial charge in [0.05, 0.1) is 11.4 Å². The molecule has 1 aliphatic heterocycles. The van der Waals surface area contributed by atoms with Crippen LogP contribution in [0.1, 0.15) is 36.7 Å². The first-order chi connectivity index (χ1) is 30.5. The van der Waals surface area contributed by atoms with Gasteiger partial charge in [-0.25, -0.2) is 0 Å². The lowest BCUT2D eigenvalue weighted by Crippen LogP contribution is -2.14. The van der Waals surface area contributed by atoms with E-state index >= 15 is 0 Å². The highest BCUT2D eigenvalue weighted by Crippen LogP contribution is 2.53. The number of hydrogen-bond acceptors (Lipinski definition) is 2. The maximum atomic E-state index is 3.69. The zero-order valence-electron chi connectivity index (χ0n) is 34.8. The summed E-state index contributed by atoms with van der Waals surface area (Å²) in [6.45, 7) is 4.78. The smallest absolute Gasteiger partial charge is 0.123 e. The van der Waals surface area contributed by atoms with Crippen LogP contribution >= 0.6 is 0 Å². The van der Waals surface area contributed by atoms with Crippen LogP contribution in [-0.4, -0.2) is 0 Å². The molecule has 0 saturated heterocycles. The van der Waals surface area contributed by atoms with Crippen molar-refractivity contribution in [3.8, 4) is 66.8 Å². The number of nitrogens with one attached hydrogen (secondary N) is 2. The van der Waals surface area contributed by atoms with E-state index in [0.29, 0.717) is 0 Å². The standard InChI is InChI=1S/C60H44N2/c1-60(2)53-21-10-9-20-47(53)49-36-51-52(37-54(49)60)58(43-30-26-41(27-31-43)39-16-7-4-8-17-39)50-35-45(44-18-13-19-46(34-44)59-61-55-22-11-12-23-56(55)62-59)32-33-48(50)57(51)42-28-24-40(25-29-42)38-14-5-3-6-15-38/h3-37,59,61-62H,1-2H3. The van der Waals surface area contributed by atoms with Crippen LogP contribution in [0.4, 0.5) is 11.4 Å². The van der Waals surface area contributed by atoms with E-state index in [9.17, 15) is 0 Å². The summed E-state index contributed by atoms with van der Waals surface area (Å²) in [6, 6.07) is 78.5. The molecule has 10 aromatic carbocycles. The van der Waals surface area contributed by atoms with Gasteiger partial charge in [0.1, 0.15) is 6.17 Å². The van der Waals surface area contributed by atoms with E-state index in [1.54, 1.807) is 0 Å². The Kier molecular flexibility index (Phi) is 8.30.